The SMILES string of the molecule is Clc1ncc2c(n1)-c1ccsc1CC2. The number of aromatic nitrogens is 2. The van der Waals surface area contributed by atoms with Crippen molar-refractivity contribution < 1.29 is 0 Å². The Morgan fingerprint density at radius 3 is 3.21 bits per heavy atom. The summed E-state index contributed by atoms with van der Waals surface area (Å²) in [5.41, 5.74) is 3.47. The summed E-state index contributed by atoms with van der Waals surface area (Å²) in [7, 11) is 0. The standard InChI is InChI=1S/C10H7ClN2S/c11-10-12-5-6-1-2-8-7(3-4-14-8)9(6)13-10/h3-5H,1-2H2. The van der Waals surface area contributed by atoms with Gasteiger partial charge in [-0.3, -0.25) is 0 Å². The minimum Gasteiger partial charge on any atom is -0.226 e. The predicted octanol–water partition coefficient (Wildman–Crippen LogP) is 2.96. The van der Waals surface area contributed by atoms with E-state index in [4.69, 9.17) is 11.6 Å². The number of rotatable bonds is 0. The van der Waals surface area contributed by atoms with Crippen LogP contribution in [0, 0.1) is 0 Å². The van der Waals surface area contributed by atoms with Crippen molar-refractivity contribution in [3.63, 3.8) is 0 Å². The van der Waals surface area contributed by atoms with E-state index in [-0.39, 0.29) is 0 Å². The van der Waals surface area contributed by atoms with Gasteiger partial charge < -0.3 is 0 Å². The lowest BCUT2D eigenvalue weighted by atomic mass is 9.97. The summed E-state index contributed by atoms with van der Waals surface area (Å²) in [6.45, 7) is 0. The van der Waals surface area contributed by atoms with Crippen molar-refractivity contribution in [3.05, 3.63) is 33.4 Å². The Bertz CT molecular complexity index is 493. The summed E-state index contributed by atoms with van der Waals surface area (Å²) in [4.78, 5) is 9.71. The molecule has 0 radical (unpaired) electrons. The highest BCUT2D eigenvalue weighted by Crippen LogP contribution is 2.35. The van der Waals surface area contributed by atoms with Gasteiger partial charge >= 0.3 is 0 Å². The first-order valence-corrected chi connectivity index (χ1v) is 5.68. The largest absolute Gasteiger partial charge is 0.226 e. The zero-order valence-corrected chi connectivity index (χ0v) is 8.90. The van der Waals surface area contributed by atoms with Crippen molar-refractivity contribution in [3.8, 4) is 11.3 Å². The Morgan fingerprint density at radius 2 is 2.29 bits per heavy atom. The van der Waals surface area contributed by atoms with Crippen molar-refractivity contribution in [1.29, 1.82) is 0 Å². The number of thiophene rings is 1. The van der Waals surface area contributed by atoms with Gasteiger partial charge in [-0.05, 0) is 41.5 Å². The Morgan fingerprint density at radius 1 is 1.36 bits per heavy atom. The number of fused-ring (bicyclic) bond motifs is 3. The Kier molecular flexibility index (Phi) is 1.82. The van der Waals surface area contributed by atoms with E-state index in [0.29, 0.717) is 5.28 Å². The number of halogens is 1. The lowest BCUT2D eigenvalue weighted by Gasteiger charge is -2.14. The molecule has 2 aromatic heterocycles. The highest BCUT2D eigenvalue weighted by atomic mass is 35.5. The highest BCUT2D eigenvalue weighted by Gasteiger charge is 2.18. The minimum atomic E-state index is 0.336. The summed E-state index contributed by atoms with van der Waals surface area (Å²) >= 11 is 7.58. The van der Waals surface area contributed by atoms with Gasteiger partial charge in [0.05, 0.1) is 5.69 Å². The molecule has 2 heterocycles. The van der Waals surface area contributed by atoms with Gasteiger partial charge in [0, 0.05) is 16.6 Å². The molecule has 0 amide bonds. The highest BCUT2D eigenvalue weighted by molar-refractivity contribution is 7.10. The zero-order valence-electron chi connectivity index (χ0n) is 7.33. The van der Waals surface area contributed by atoms with Crippen LogP contribution in [0.15, 0.2) is 17.6 Å². The van der Waals surface area contributed by atoms with E-state index in [2.05, 4.69) is 21.4 Å². The maximum Gasteiger partial charge on any atom is 0.222 e. The van der Waals surface area contributed by atoms with E-state index >= 15 is 0 Å². The molecule has 1 aliphatic carbocycles. The van der Waals surface area contributed by atoms with Crippen LogP contribution in [-0.4, -0.2) is 9.97 Å². The second kappa shape index (κ2) is 3.04. The van der Waals surface area contributed by atoms with Crippen LogP contribution in [-0.2, 0) is 12.8 Å². The first-order chi connectivity index (χ1) is 6.84. The van der Waals surface area contributed by atoms with E-state index in [9.17, 15) is 0 Å². The molecule has 0 saturated carbocycles. The van der Waals surface area contributed by atoms with Gasteiger partial charge in [0.1, 0.15) is 0 Å². The Labute approximate surface area is 90.6 Å². The molecule has 4 heteroatoms. The molecule has 0 bridgehead atoms. The van der Waals surface area contributed by atoms with Crippen LogP contribution in [0.25, 0.3) is 11.3 Å². The van der Waals surface area contributed by atoms with E-state index in [1.807, 2.05) is 6.20 Å². The molecule has 3 rings (SSSR count). The maximum absolute atomic E-state index is 5.79. The summed E-state index contributed by atoms with van der Waals surface area (Å²) in [6, 6.07) is 2.11. The second-order valence-electron chi connectivity index (χ2n) is 3.27. The van der Waals surface area contributed by atoms with Gasteiger partial charge in [-0.25, -0.2) is 9.97 Å². The summed E-state index contributed by atoms with van der Waals surface area (Å²) in [5.74, 6) is 0. The van der Waals surface area contributed by atoms with Crippen molar-refractivity contribution in [1.82, 2.24) is 9.97 Å². The molecule has 14 heavy (non-hydrogen) atoms. The summed E-state index contributed by atoms with van der Waals surface area (Å²) in [5, 5.41) is 2.44. The third-order valence-corrected chi connectivity index (χ3v) is 3.62. The van der Waals surface area contributed by atoms with Crippen LogP contribution in [0.4, 0.5) is 0 Å². The van der Waals surface area contributed by atoms with Crippen LogP contribution in [0.5, 0.6) is 0 Å². The van der Waals surface area contributed by atoms with E-state index < -0.39 is 0 Å². The first kappa shape index (κ1) is 8.38. The number of hydrogen-bond acceptors (Lipinski definition) is 3. The van der Waals surface area contributed by atoms with Crippen molar-refractivity contribution in [2.24, 2.45) is 0 Å². The molecule has 1 aliphatic rings. The smallest absolute Gasteiger partial charge is 0.222 e. The van der Waals surface area contributed by atoms with Crippen molar-refractivity contribution >= 4 is 22.9 Å². The topological polar surface area (TPSA) is 25.8 Å². The van der Waals surface area contributed by atoms with Gasteiger partial charge in [0.25, 0.3) is 0 Å². The molecule has 2 aromatic rings. The van der Waals surface area contributed by atoms with E-state index in [0.717, 1.165) is 18.5 Å². The van der Waals surface area contributed by atoms with Crippen LogP contribution >= 0.6 is 22.9 Å². The molecule has 0 unspecified atom stereocenters. The lowest BCUT2D eigenvalue weighted by Crippen LogP contribution is -2.04. The van der Waals surface area contributed by atoms with E-state index in [1.165, 1.54) is 16.0 Å². The Balaban J connectivity index is 2.28. The second-order valence-corrected chi connectivity index (χ2v) is 4.61. The summed E-state index contributed by atoms with van der Waals surface area (Å²) < 4.78 is 0. The quantitative estimate of drug-likeness (QED) is 0.641. The predicted molar refractivity (Wildman–Crippen MR) is 57.8 cm³/mol. The number of aryl methyl sites for hydroxylation is 2. The molecule has 0 N–H and O–H groups in total. The van der Waals surface area contributed by atoms with Gasteiger partial charge in [-0.2, -0.15) is 0 Å². The molecule has 0 saturated heterocycles. The van der Waals surface area contributed by atoms with E-state index in [1.54, 1.807) is 11.3 Å². The lowest BCUT2D eigenvalue weighted by molar-refractivity contribution is 0.928. The van der Waals surface area contributed by atoms with Gasteiger partial charge in [-0.15, -0.1) is 11.3 Å². The minimum absolute atomic E-state index is 0.336. The molecule has 0 aromatic carbocycles. The van der Waals surface area contributed by atoms with Gasteiger partial charge in [0.2, 0.25) is 5.28 Å². The monoisotopic (exact) mass is 222 g/mol. The molecular formula is C10H7ClN2S. The fourth-order valence-corrected chi connectivity index (χ4v) is 2.81. The normalized spacial score (nSPS) is 13.5. The molecule has 70 valence electrons. The average molecular weight is 223 g/mol. The van der Waals surface area contributed by atoms with Crippen molar-refractivity contribution in [2.75, 3.05) is 0 Å². The first-order valence-electron chi connectivity index (χ1n) is 4.43. The maximum atomic E-state index is 5.79. The molecule has 2 nitrogen and oxygen atoms in total. The molecule has 0 aliphatic heterocycles. The average Bonchev–Trinajstić information content (AvgIpc) is 2.65. The van der Waals surface area contributed by atoms with Crippen LogP contribution in [0.2, 0.25) is 5.28 Å². The molecular weight excluding hydrogens is 216 g/mol. The fourth-order valence-electron chi connectivity index (χ4n) is 1.79. The van der Waals surface area contributed by atoms with Crippen LogP contribution < -0.4 is 0 Å². The summed E-state index contributed by atoms with van der Waals surface area (Å²) in [6.07, 6.45) is 3.97. The Hall–Kier alpha value is -0.930. The van der Waals surface area contributed by atoms with Crippen LogP contribution in [0.1, 0.15) is 10.4 Å². The fraction of sp³-hybridized carbons (Fsp3) is 0.200. The number of nitrogens with zero attached hydrogens (tertiary/aromatic N) is 2. The van der Waals surface area contributed by atoms with Crippen molar-refractivity contribution in [2.45, 2.75) is 12.8 Å². The molecule has 0 fully saturated rings. The number of hydrogen-bond donors (Lipinski definition) is 0. The molecule has 0 spiro atoms. The molecule has 0 atom stereocenters. The van der Waals surface area contributed by atoms with Gasteiger partial charge in [0.15, 0.2) is 0 Å². The third kappa shape index (κ3) is 1.16. The zero-order chi connectivity index (χ0) is 9.54. The third-order valence-electron chi connectivity index (χ3n) is 2.46. The van der Waals surface area contributed by atoms with Crippen LogP contribution in [0.3, 0.4) is 0 Å². The van der Waals surface area contributed by atoms with Gasteiger partial charge in [-0.1, -0.05) is 0 Å².